The van der Waals surface area contributed by atoms with Gasteiger partial charge in [0.15, 0.2) is 0 Å². The van der Waals surface area contributed by atoms with Crippen LogP contribution in [0.5, 0.6) is 11.5 Å². The number of rotatable bonds is 7. The lowest BCUT2D eigenvalue weighted by atomic mass is 10.3. The molecule has 0 spiro atoms. The third-order valence-electron chi connectivity index (χ3n) is 1.83. The second-order valence-corrected chi connectivity index (χ2v) is 4.65. The van der Waals surface area contributed by atoms with Gasteiger partial charge in [0.25, 0.3) is 0 Å². The van der Waals surface area contributed by atoms with Gasteiger partial charge in [-0.15, -0.1) is 0 Å². The summed E-state index contributed by atoms with van der Waals surface area (Å²) in [6.07, 6.45) is 0. The minimum Gasteiger partial charge on any atom is -0.497 e. The summed E-state index contributed by atoms with van der Waals surface area (Å²) in [4.78, 5) is 0. The number of phosphoric ester groups is 1. The van der Waals surface area contributed by atoms with Crippen LogP contribution in [0, 0.1) is 0 Å². The molecular formula is C11H17O5P. The summed E-state index contributed by atoms with van der Waals surface area (Å²) in [6.45, 7) is 3.95. The second-order valence-electron chi connectivity index (χ2n) is 3.05. The second kappa shape index (κ2) is 6.64. The van der Waals surface area contributed by atoms with Gasteiger partial charge in [-0.05, 0) is 26.0 Å². The molecule has 17 heavy (non-hydrogen) atoms. The van der Waals surface area contributed by atoms with Crippen molar-refractivity contribution in [1.82, 2.24) is 0 Å². The van der Waals surface area contributed by atoms with Crippen LogP contribution in [0.4, 0.5) is 0 Å². The van der Waals surface area contributed by atoms with Gasteiger partial charge in [0.1, 0.15) is 11.5 Å². The first-order valence-corrected chi connectivity index (χ1v) is 6.82. The third-order valence-corrected chi connectivity index (χ3v) is 3.42. The van der Waals surface area contributed by atoms with Gasteiger partial charge < -0.3 is 9.26 Å². The molecule has 5 nitrogen and oxygen atoms in total. The number of benzene rings is 1. The number of phosphoric acid groups is 1. The molecule has 0 amide bonds. The van der Waals surface area contributed by atoms with E-state index in [1.54, 1.807) is 45.2 Å². The zero-order valence-corrected chi connectivity index (χ0v) is 11.1. The van der Waals surface area contributed by atoms with E-state index in [4.69, 9.17) is 18.3 Å². The van der Waals surface area contributed by atoms with Gasteiger partial charge in [-0.3, -0.25) is 9.05 Å². The molecule has 0 fully saturated rings. The highest BCUT2D eigenvalue weighted by Gasteiger charge is 2.27. The summed E-state index contributed by atoms with van der Waals surface area (Å²) in [5.74, 6) is 0.997. The molecule has 0 heterocycles. The minimum atomic E-state index is -3.53. The maximum atomic E-state index is 12.1. The van der Waals surface area contributed by atoms with Crippen LogP contribution >= 0.6 is 7.82 Å². The van der Waals surface area contributed by atoms with E-state index >= 15 is 0 Å². The lowest BCUT2D eigenvalue weighted by molar-refractivity contribution is 0.167. The summed E-state index contributed by atoms with van der Waals surface area (Å²) < 4.78 is 32.4. The molecule has 0 atom stereocenters. The highest BCUT2D eigenvalue weighted by molar-refractivity contribution is 7.48. The van der Waals surface area contributed by atoms with Crippen molar-refractivity contribution in [2.45, 2.75) is 13.8 Å². The van der Waals surface area contributed by atoms with Crippen molar-refractivity contribution in [3.05, 3.63) is 24.3 Å². The fraction of sp³-hybridized carbons (Fsp3) is 0.455. The van der Waals surface area contributed by atoms with E-state index in [0.717, 1.165) is 0 Å². The summed E-state index contributed by atoms with van der Waals surface area (Å²) in [7, 11) is -1.98. The normalized spacial score (nSPS) is 11.2. The van der Waals surface area contributed by atoms with Crippen LogP contribution in [0.15, 0.2) is 24.3 Å². The first kappa shape index (κ1) is 14.0. The highest BCUT2D eigenvalue weighted by atomic mass is 31.2. The van der Waals surface area contributed by atoms with Crippen molar-refractivity contribution >= 4 is 7.82 Å². The zero-order chi connectivity index (χ0) is 12.7. The Morgan fingerprint density at radius 2 is 1.71 bits per heavy atom. The molecular weight excluding hydrogens is 243 g/mol. The largest absolute Gasteiger partial charge is 0.530 e. The van der Waals surface area contributed by atoms with Crippen molar-refractivity contribution in [3.63, 3.8) is 0 Å². The first-order valence-electron chi connectivity index (χ1n) is 5.36. The van der Waals surface area contributed by atoms with Crippen molar-refractivity contribution in [2.75, 3.05) is 20.3 Å². The monoisotopic (exact) mass is 260 g/mol. The Labute approximate surface area is 101 Å². The molecule has 0 unspecified atom stereocenters. The quantitative estimate of drug-likeness (QED) is 0.704. The first-order chi connectivity index (χ1) is 8.13. The average Bonchev–Trinajstić information content (AvgIpc) is 2.29. The Morgan fingerprint density at radius 1 is 1.12 bits per heavy atom. The Bertz CT molecular complexity index is 383. The molecule has 0 aliphatic rings. The van der Waals surface area contributed by atoms with E-state index in [9.17, 15) is 4.57 Å². The Kier molecular flexibility index (Phi) is 5.48. The Balaban J connectivity index is 2.81. The van der Waals surface area contributed by atoms with Crippen molar-refractivity contribution in [2.24, 2.45) is 0 Å². The molecule has 0 aromatic heterocycles. The van der Waals surface area contributed by atoms with Crippen LogP contribution in [0.3, 0.4) is 0 Å². The van der Waals surface area contributed by atoms with Gasteiger partial charge in [0.2, 0.25) is 0 Å². The predicted octanol–water partition coefficient (Wildman–Crippen LogP) is 3.26. The molecule has 0 aliphatic carbocycles. The topological polar surface area (TPSA) is 54.0 Å². The van der Waals surface area contributed by atoms with Crippen LogP contribution < -0.4 is 9.26 Å². The molecule has 0 saturated carbocycles. The van der Waals surface area contributed by atoms with Crippen LogP contribution in [0.25, 0.3) is 0 Å². The smallest absolute Gasteiger partial charge is 0.497 e. The molecule has 0 N–H and O–H groups in total. The maximum absolute atomic E-state index is 12.1. The number of methoxy groups -OCH3 is 1. The standard InChI is InChI=1S/C11H17O5P/c1-4-14-17(12,15-5-2)16-11-8-6-7-10(9-11)13-3/h6-9H,4-5H2,1-3H3. The summed E-state index contributed by atoms with van der Waals surface area (Å²) in [6, 6.07) is 6.77. The summed E-state index contributed by atoms with van der Waals surface area (Å²) in [5.41, 5.74) is 0. The van der Waals surface area contributed by atoms with Gasteiger partial charge in [-0.25, -0.2) is 4.57 Å². The molecule has 6 heteroatoms. The van der Waals surface area contributed by atoms with E-state index in [0.29, 0.717) is 11.5 Å². The number of hydrogen-bond acceptors (Lipinski definition) is 5. The van der Waals surface area contributed by atoms with Crippen molar-refractivity contribution < 1.29 is 22.9 Å². The summed E-state index contributed by atoms with van der Waals surface area (Å²) in [5, 5.41) is 0. The van der Waals surface area contributed by atoms with Crippen LogP contribution in [-0.4, -0.2) is 20.3 Å². The van der Waals surface area contributed by atoms with Crippen LogP contribution in [0.1, 0.15) is 13.8 Å². The molecule has 0 aliphatic heterocycles. The van der Waals surface area contributed by atoms with E-state index in [1.165, 1.54) is 0 Å². The molecule has 1 rings (SSSR count). The number of hydrogen-bond donors (Lipinski definition) is 0. The molecule has 1 aromatic rings. The van der Waals surface area contributed by atoms with Crippen molar-refractivity contribution in [1.29, 1.82) is 0 Å². The van der Waals surface area contributed by atoms with E-state index in [1.807, 2.05) is 0 Å². The Morgan fingerprint density at radius 3 is 2.24 bits per heavy atom. The highest BCUT2D eigenvalue weighted by Crippen LogP contribution is 2.49. The van der Waals surface area contributed by atoms with Gasteiger partial charge in [-0.2, -0.15) is 0 Å². The van der Waals surface area contributed by atoms with Gasteiger partial charge >= 0.3 is 7.82 Å². The Hall–Kier alpha value is -1.03. The molecule has 1 aromatic carbocycles. The maximum Gasteiger partial charge on any atom is 0.530 e. The van der Waals surface area contributed by atoms with Crippen molar-refractivity contribution in [3.8, 4) is 11.5 Å². The summed E-state index contributed by atoms with van der Waals surface area (Å²) >= 11 is 0. The van der Waals surface area contributed by atoms with Gasteiger partial charge in [-0.1, -0.05) is 6.07 Å². The fourth-order valence-corrected chi connectivity index (χ4v) is 2.38. The van der Waals surface area contributed by atoms with Crippen LogP contribution in [-0.2, 0) is 13.6 Å². The van der Waals surface area contributed by atoms with Crippen LogP contribution in [0.2, 0.25) is 0 Å². The minimum absolute atomic E-state index is 0.251. The molecule has 0 bridgehead atoms. The fourth-order valence-electron chi connectivity index (χ4n) is 1.19. The predicted molar refractivity (Wildman–Crippen MR) is 64.5 cm³/mol. The van der Waals surface area contributed by atoms with Gasteiger partial charge in [0.05, 0.1) is 20.3 Å². The molecule has 0 saturated heterocycles. The van der Waals surface area contributed by atoms with E-state index in [2.05, 4.69) is 0 Å². The number of ether oxygens (including phenoxy) is 1. The lowest BCUT2D eigenvalue weighted by Gasteiger charge is -2.17. The molecule has 0 radical (unpaired) electrons. The third kappa shape index (κ3) is 4.38. The molecule has 96 valence electrons. The average molecular weight is 260 g/mol. The van der Waals surface area contributed by atoms with E-state index < -0.39 is 7.82 Å². The van der Waals surface area contributed by atoms with E-state index in [-0.39, 0.29) is 13.2 Å². The SMILES string of the molecule is CCOP(=O)(OCC)Oc1cccc(OC)c1. The zero-order valence-electron chi connectivity index (χ0n) is 10.2. The van der Waals surface area contributed by atoms with Gasteiger partial charge in [0, 0.05) is 6.07 Å². The lowest BCUT2D eigenvalue weighted by Crippen LogP contribution is -2.02.